The summed E-state index contributed by atoms with van der Waals surface area (Å²) in [5.41, 5.74) is 2.91. The minimum absolute atomic E-state index is 0.279. The molecule has 0 unspecified atom stereocenters. The van der Waals surface area contributed by atoms with Gasteiger partial charge in [0.15, 0.2) is 4.80 Å². The second kappa shape index (κ2) is 9.11. The van der Waals surface area contributed by atoms with Gasteiger partial charge in [0, 0.05) is 17.7 Å². The number of carbonyl (C=O) groups is 2. The van der Waals surface area contributed by atoms with Crippen molar-refractivity contribution in [3.8, 4) is 11.5 Å². The summed E-state index contributed by atoms with van der Waals surface area (Å²) in [6, 6.07) is 20.4. The van der Waals surface area contributed by atoms with E-state index in [4.69, 9.17) is 9.47 Å². The first-order chi connectivity index (χ1) is 16.6. The van der Waals surface area contributed by atoms with Gasteiger partial charge in [0.1, 0.15) is 11.5 Å². The highest BCUT2D eigenvalue weighted by Crippen LogP contribution is 2.44. The zero-order valence-electron chi connectivity index (χ0n) is 18.6. The normalized spacial score (nSPS) is 13.1. The summed E-state index contributed by atoms with van der Waals surface area (Å²) in [6.07, 6.45) is 1.76. The van der Waals surface area contributed by atoms with Gasteiger partial charge < -0.3 is 14.0 Å². The number of para-hydroxylation sites is 2. The van der Waals surface area contributed by atoms with Gasteiger partial charge in [-0.3, -0.25) is 4.79 Å². The van der Waals surface area contributed by atoms with Crippen LogP contribution in [-0.2, 0) is 16.1 Å². The molecule has 2 heterocycles. The molecule has 1 aliphatic rings. The summed E-state index contributed by atoms with van der Waals surface area (Å²) in [5.74, 6) is 0.0863. The van der Waals surface area contributed by atoms with Gasteiger partial charge in [-0.05, 0) is 37.3 Å². The van der Waals surface area contributed by atoms with E-state index in [2.05, 4.69) is 11.6 Å². The van der Waals surface area contributed by atoms with Crippen molar-refractivity contribution in [2.45, 2.75) is 19.4 Å². The Morgan fingerprint density at radius 1 is 1.09 bits per heavy atom. The molecule has 170 valence electrons. The molecular weight excluding hydrogens is 448 g/mol. The van der Waals surface area contributed by atoms with Crippen LogP contribution < -0.4 is 9.54 Å². The van der Waals surface area contributed by atoms with E-state index in [1.54, 1.807) is 25.1 Å². The molecule has 0 bridgehead atoms. The van der Waals surface area contributed by atoms with Crippen molar-refractivity contribution in [1.29, 1.82) is 0 Å². The molecule has 1 aromatic heterocycles. The first kappa shape index (κ1) is 21.9. The van der Waals surface area contributed by atoms with Crippen LogP contribution >= 0.6 is 11.3 Å². The van der Waals surface area contributed by atoms with Crippen molar-refractivity contribution >= 4 is 33.4 Å². The molecule has 0 fully saturated rings. The molecule has 3 aromatic carbocycles. The third-order valence-electron chi connectivity index (χ3n) is 5.64. The number of ether oxygens (including phenoxy) is 2. The second-order valence-electron chi connectivity index (χ2n) is 7.75. The van der Waals surface area contributed by atoms with Crippen LogP contribution in [0.25, 0.3) is 10.2 Å². The zero-order chi connectivity index (χ0) is 23.7. The predicted octanol–water partition coefficient (Wildman–Crippen LogP) is 5.43. The maximum Gasteiger partial charge on any atom is 0.338 e. The lowest BCUT2D eigenvalue weighted by Crippen LogP contribution is -2.22. The van der Waals surface area contributed by atoms with Gasteiger partial charge in [-0.25, -0.2) is 4.79 Å². The van der Waals surface area contributed by atoms with E-state index in [0.717, 1.165) is 21.3 Å². The molecule has 0 atom stereocenters. The molecular formula is C27H22N2O4S. The van der Waals surface area contributed by atoms with Crippen molar-refractivity contribution in [3.63, 3.8) is 0 Å². The molecule has 0 N–H and O–H groups in total. The van der Waals surface area contributed by atoms with Crippen molar-refractivity contribution in [1.82, 2.24) is 4.57 Å². The highest BCUT2D eigenvalue weighted by Gasteiger charge is 2.32. The van der Waals surface area contributed by atoms with E-state index in [1.165, 1.54) is 11.3 Å². The van der Waals surface area contributed by atoms with Crippen molar-refractivity contribution in [2.75, 3.05) is 6.61 Å². The van der Waals surface area contributed by atoms with Gasteiger partial charge in [0.25, 0.3) is 5.91 Å². The quantitative estimate of drug-likeness (QED) is 0.288. The Bertz CT molecular complexity index is 1450. The lowest BCUT2D eigenvalue weighted by molar-refractivity contribution is -0.118. The fourth-order valence-corrected chi connectivity index (χ4v) is 5.22. The lowest BCUT2D eigenvalue weighted by Gasteiger charge is -2.25. The molecule has 34 heavy (non-hydrogen) atoms. The van der Waals surface area contributed by atoms with E-state index in [9.17, 15) is 9.59 Å². The Kier molecular flexibility index (Phi) is 5.86. The summed E-state index contributed by atoms with van der Waals surface area (Å²) in [6.45, 7) is 6.41. The monoisotopic (exact) mass is 470 g/mol. The number of nitrogens with zero attached hydrogens (tertiary/aromatic N) is 2. The third kappa shape index (κ3) is 3.84. The SMILES string of the molecule is C=CCn1c(=NC(=O)C2c3ccccc3Oc3ccccc32)sc2cc(C(=O)OCC)ccc21. The van der Waals surface area contributed by atoms with Gasteiger partial charge in [-0.15, -0.1) is 6.58 Å². The van der Waals surface area contributed by atoms with Gasteiger partial charge in [-0.1, -0.05) is 53.8 Å². The molecule has 0 spiro atoms. The summed E-state index contributed by atoms with van der Waals surface area (Å²) >= 11 is 1.36. The van der Waals surface area contributed by atoms with Crippen LogP contribution in [0.3, 0.4) is 0 Å². The molecule has 5 rings (SSSR count). The molecule has 1 aliphatic heterocycles. The van der Waals surface area contributed by atoms with E-state index in [-0.39, 0.29) is 11.9 Å². The standard InChI is InChI=1S/C27H22N2O4S/c1-3-15-29-20-14-13-17(26(31)32-4-2)16-23(20)34-27(29)28-25(30)24-18-9-5-7-11-21(18)33-22-12-8-6-10-19(22)24/h3,5-14,16,24H,1,4,15H2,2H3. The number of hydrogen-bond acceptors (Lipinski definition) is 5. The highest BCUT2D eigenvalue weighted by molar-refractivity contribution is 7.16. The topological polar surface area (TPSA) is 69.9 Å². The van der Waals surface area contributed by atoms with Crippen LogP contribution in [-0.4, -0.2) is 23.1 Å². The van der Waals surface area contributed by atoms with E-state index in [1.807, 2.05) is 59.2 Å². The van der Waals surface area contributed by atoms with Gasteiger partial charge >= 0.3 is 5.97 Å². The Labute approximate surface area is 200 Å². The fourth-order valence-electron chi connectivity index (χ4n) is 4.14. The average molecular weight is 471 g/mol. The molecule has 1 amide bonds. The number of thiazole rings is 1. The number of benzene rings is 3. The molecule has 0 aliphatic carbocycles. The highest BCUT2D eigenvalue weighted by atomic mass is 32.1. The summed E-state index contributed by atoms with van der Waals surface area (Å²) in [7, 11) is 0. The van der Waals surface area contributed by atoms with Crippen LogP contribution in [0, 0.1) is 0 Å². The summed E-state index contributed by atoms with van der Waals surface area (Å²) in [5, 5.41) is 0. The van der Waals surface area contributed by atoms with Crippen molar-refractivity contribution < 1.29 is 19.1 Å². The van der Waals surface area contributed by atoms with Gasteiger partial charge in [-0.2, -0.15) is 4.99 Å². The number of amides is 1. The average Bonchev–Trinajstić information content (AvgIpc) is 3.18. The molecule has 7 heteroatoms. The van der Waals surface area contributed by atoms with Crippen LogP contribution in [0.5, 0.6) is 11.5 Å². The van der Waals surface area contributed by atoms with Gasteiger partial charge in [0.2, 0.25) is 0 Å². The van der Waals surface area contributed by atoms with Crippen LogP contribution in [0.15, 0.2) is 84.4 Å². The van der Waals surface area contributed by atoms with Crippen molar-refractivity contribution in [3.05, 3.63) is 101 Å². The van der Waals surface area contributed by atoms with E-state index >= 15 is 0 Å². The number of rotatable bonds is 5. The number of esters is 1. The summed E-state index contributed by atoms with van der Waals surface area (Å²) in [4.78, 5) is 31.0. The minimum Gasteiger partial charge on any atom is -0.462 e. The number of fused-ring (bicyclic) bond motifs is 3. The molecule has 6 nitrogen and oxygen atoms in total. The Morgan fingerprint density at radius 3 is 2.41 bits per heavy atom. The first-order valence-electron chi connectivity index (χ1n) is 11.0. The lowest BCUT2D eigenvalue weighted by atomic mass is 9.87. The van der Waals surface area contributed by atoms with Crippen LogP contribution in [0.2, 0.25) is 0 Å². The fraction of sp³-hybridized carbons (Fsp3) is 0.148. The van der Waals surface area contributed by atoms with Gasteiger partial charge in [0.05, 0.1) is 28.3 Å². The Hall–Kier alpha value is -3.97. The predicted molar refractivity (Wildman–Crippen MR) is 131 cm³/mol. The number of aromatic nitrogens is 1. The van der Waals surface area contributed by atoms with Crippen molar-refractivity contribution in [2.24, 2.45) is 4.99 Å². The second-order valence-corrected chi connectivity index (χ2v) is 8.76. The number of carbonyl (C=O) groups excluding carboxylic acids is 2. The Balaban J connectivity index is 1.64. The molecule has 0 saturated heterocycles. The number of hydrogen-bond donors (Lipinski definition) is 0. The summed E-state index contributed by atoms with van der Waals surface area (Å²) < 4.78 is 13.9. The maximum absolute atomic E-state index is 13.7. The van der Waals surface area contributed by atoms with E-state index < -0.39 is 5.92 Å². The smallest absolute Gasteiger partial charge is 0.338 e. The molecule has 0 saturated carbocycles. The van der Waals surface area contributed by atoms with E-state index in [0.29, 0.717) is 35.0 Å². The minimum atomic E-state index is -0.571. The maximum atomic E-state index is 13.7. The Morgan fingerprint density at radius 2 is 1.76 bits per heavy atom. The van der Waals surface area contributed by atoms with Crippen LogP contribution in [0.4, 0.5) is 0 Å². The zero-order valence-corrected chi connectivity index (χ0v) is 19.4. The molecule has 4 aromatic rings. The third-order valence-corrected chi connectivity index (χ3v) is 6.68. The van der Waals surface area contributed by atoms with Crippen LogP contribution in [0.1, 0.15) is 34.3 Å². The first-order valence-corrected chi connectivity index (χ1v) is 11.8. The molecule has 0 radical (unpaired) electrons. The largest absolute Gasteiger partial charge is 0.462 e. The number of allylic oxidation sites excluding steroid dienone is 1.